The monoisotopic (exact) mass is 466 g/mol. The predicted molar refractivity (Wildman–Crippen MR) is 128 cm³/mol. The topological polar surface area (TPSA) is 90.9 Å². The third-order valence-electron chi connectivity index (χ3n) is 5.20. The smallest absolute Gasteiger partial charge is 0.261 e. The van der Waals surface area contributed by atoms with E-state index in [0.29, 0.717) is 5.56 Å². The van der Waals surface area contributed by atoms with Crippen LogP contribution in [-0.4, -0.2) is 26.6 Å². The largest absolute Gasteiger partial charge is 0.322 e. The van der Waals surface area contributed by atoms with Gasteiger partial charge in [0.05, 0.1) is 16.3 Å². The summed E-state index contributed by atoms with van der Waals surface area (Å²) in [5.41, 5.74) is 3.25. The number of carbonyl (C=O) groups excluding carboxylic acids is 1. The molecule has 1 amide bonds. The van der Waals surface area contributed by atoms with Crippen LogP contribution in [0.3, 0.4) is 0 Å². The lowest BCUT2D eigenvalue weighted by Gasteiger charge is -2.14. The molecular formula is C24H23FN4O3S. The van der Waals surface area contributed by atoms with Crippen molar-refractivity contribution in [2.75, 3.05) is 21.6 Å². The number of aryl methyl sites for hydroxylation is 1. The van der Waals surface area contributed by atoms with Gasteiger partial charge < -0.3 is 5.32 Å². The first-order valence-corrected chi connectivity index (χ1v) is 11.8. The van der Waals surface area contributed by atoms with Gasteiger partial charge in [-0.05, 0) is 68.4 Å². The molecule has 1 aliphatic rings. The molecule has 0 radical (unpaired) electrons. The van der Waals surface area contributed by atoms with E-state index >= 15 is 0 Å². The van der Waals surface area contributed by atoms with Crippen molar-refractivity contribution in [2.45, 2.75) is 25.2 Å². The Morgan fingerprint density at radius 1 is 1.00 bits per heavy atom. The van der Waals surface area contributed by atoms with E-state index in [1.807, 2.05) is 31.0 Å². The first-order valence-electron chi connectivity index (χ1n) is 10.3. The summed E-state index contributed by atoms with van der Waals surface area (Å²) < 4.78 is 41.8. The van der Waals surface area contributed by atoms with Crippen LogP contribution in [-0.2, 0) is 10.0 Å². The molecule has 0 spiro atoms. The Balaban J connectivity index is 1.48. The summed E-state index contributed by atoms with van der Waals surface area (Å²) in [4.78, 5) is 12.7. The summed E-state index contributed by atoms with van der Waals surface area (Å²) >= 11 is 0. The molecule has 33 heavy (non-hydrogen) atoms. The summed E-state index contributed by atoms with van der Waals surface area (Å²) in [6, 6.07) is 16.9. The maximum atomic E-state index is 14.3. The van der Waals surface area contributed by atoms with Crippen LogP contribution in [0.5, 0.6) is 0 Å². The normalized spacial score (nSPS) is 13.5. The van der Waals surface area contributed by atoms with Gasteiger partial charge in [0.2, 0.25) is 0 Å². The van der Waals surface area contributed by atoms with Gasteiger partial charge in [-0.3, -0.25) is 14.5 Å². The molecule has 4 rings (SSSR count). The van der Waals surface area contributed by atoms with E-state index in [1.54, 1.807) is 24.3 Å². The van der Waals surface area contributed by atoms with Gasteiger partial charge in [-0.2, -0.15) is 5.10 Å². The fourth-order valence-electron chi connectivity index (χ4n) is 3.35. The maximum Gasteiger partial charge on any atom is 0.261 e. The highest BCUT2D eigenvalue weighted by Gasteiger charge is 2.18. The third-order valence-corrected chi connectivity index (χ3v) is 6.59. The van der Waals surface area contributed by atoms with Crippen molar-refractivity contribution < 1.29 is 17.6 Å². The van der Waals surface area contributed by atoms with E-state index in [0.717, 1.165) is 36.0 Å². The zero-order valence-electron chi connectivity index (χ0n) is 18.2. The van der Waals surface area contributed by atoms with Crippen LogP contribution in [0.15, 0.2) is 76.7 Å². The average molecular weight is 467 g/mol. The quantitative estimate of drug-likeness (QED) is 0.547. The van der Waals surface area contributed by atoms with E-state index in [1.165, 1.54) is 24.3 Å². The number of anilines is 3. The van der Waals surface area contributed by atoms with Crippen LogP contribution in [0, 0.1) is 12.7 Å². The number of sulfonamides is 1. The van der Waals surface area contributed by atoms with Gasteiger partial charge in [0.25, 0.3) is 15.9 Å². The fraction of sp³-hybridized carbons (Fsp3) is 0.167. The maximum absolute atomic E-state index is 14.3. The second-order valence-corrected chi connectivity index (χ2v) is 9.50. The van der Waals surface area contributed by atoms with Gasteiger partial charge in [0.15, 0.2) is 0 Å². The molecule has 1 heterocycles. The predicted octanol–water partition coefficient (Wildman–Crippen LogP) is 4.77. The van der Waals surface area contributed by atoms with Crippen molar-refractivity contribution in [1.82, 2.24) is 0 Å². The number of carbonyl (C=O) groups is 1. The number of halogens is 1. The highest BCUT2D eigenvalue weighted by atomic mass is 32.2. The molecule has 0 bridgehead atoms. The van der Waals surface area contributed by atoms with Crippen molar-refractivity contribution in [3.8, 4) is 0 Å². The van der Waals surface area contributed by atoms with E-state index in [-0.39, 0.29) is 16.3 Å². The number of rotatable bonds is 6. The molecule has 3 aromatic rings. The minimum Gasteiger partial charge on any atom is -0.322 e. The van der Waals surface area contributed by atoms with Crippen molar-refractivity contribution in [1.29, 1.82) is 0 Å². The molecule has 170 valence electrons. The van der Waals surface area contributed by atoms with Crippen LogP contribution in [0.2, 0.25) is 0 Å². The number of nitrogens with zero attached hydrogens (tertiary/aromatic N) is 2. The Hall–Kier alpha value is -3.72. The first-order chi connectivity index (χ1) is 15.7. The number of hydrazone groups is 1. The highest BCUT2D eigenvalue weighted by molar-refractivity contribution is 7.92. The summed E-state index contributed by atoms with van der Waals surface area (Å²) in [5.74, 6) is -1.16. The van der Waals surface area contributed by atoms with Gasteiger partial charge >= 0.3 is 0 Å². The average Bonchev–Trinajstić information content (AvgIpc) is 3.22. The lowest BCUT2D eigenvalue weighted by molar-refractivity contribution is 0.102. The molecule has 1 aliphatic heterocycles. The molecule has 9 heteroatoms. The molecule has 0 aromatic heterocycles. The Morgan fingerprint density at radius 3 is 2.33 bits per heavy atom. The lowest BCUT2D eigenvalue weighted by Crippen LogP contribution is -2.16. The molecule has 3 aromatic carbocycles. The standard InChI is InChI=1S/C24H23FN4O3S/c1-16-3-10-21(11-4-16)33(31,32)28-23-15-19(7-12-22(23)25)26-24(30)18-5-8-20(9-6-18)29-14-13-17(2)27-29/h3-12,15,28H,13-14H2,1-2H3,(H,26,30). The molecule has 0 fully saturated rings. The fourth-order valence-corrected chi connectivity index (χ4v) is 4.41. The zero-order chi connectivity index (χ0) is 23.6. The second kappa shape index (κ2) is 9.03. The number of hydrogen-bond donors (Lipinski definition) is 2. The molecule has 0 unspecified atom stereocenters. The minimum atomic E-state index is -3.98. The molecule has 7 nitrogen and oxygen atoms in total. The van der Waals surface area contributed by atoms with Crippen molar-refractivity contribution in [3.63, 3.8) is 0 Å². The summed E-state index contributed by atoms with van der Waals surface area (Å²) in [6.45, 7) is 4.61. The highest BCUT2D eigenvalue weighted by Crippen LogP contribution is 2.24. The third kappa shape index (κ3) is 5.20. The number of benzene rings is 3. The number of amides is 1. The summed E-state index contributed by atoms with van der Waals surface area (Å²) in [7, 11) is -3.98. The van der Waals surface area contributed by atoms with Crippen LogP contribution >= 0.6 is 0 Å². The number of hydrogen-bond acceptors (Lipinski definition) is 5. The molecule has 0 atom stereocenters. The van der Waals surface area contributed by atoms with Gasteiger partial charge in [0, 0.05) is 29.9 Å². The van der Waals surface area contributed by atoms with Crippen molar-refractivity contribution >= 4 is 38.7 Å². The molecule has 0 saturated heterocycles. The van der Waals surface area contributed by atoms with Crippen LogP contribution < -0.4 is 15.0 Å². The van der Waals surface area contributed by atoms with Gasteiger partial charge in [-0.25, -0.2) is 12.8 Å². The molecular weight excluding hydrogens is 443 g/mol. The van der Waals surface area contributed by atoms with Crippen LogP contribution in [0.4, 0.5) is 21.5 Å². The van der Waals surface area contributed by atoms with Crippen molar-refractivity contribution in [3.05, 3.63) is 83.7 Å². The van der Waals surface area contributed by atoms with E-state index in [4.69, 9.17) is 0 Å². The van der Waals surface area contributed by atoms with Crippen LogP contribution in [0.1, 0.15) is 29.3 Å². The Morgan fingerprint density at radius 2 is 1.70 bits per heavy atom. The summed E-state index contributed by atoms with van der Waals surface area (Å²) in [5, 5.41) is 8.98. The van der Waals surface area contributed by atoms with E-state index in [9.17, 15) is 17.6 Å². The molecule has 0 aliphatic carbocycles. The van der Waals surface area contributed by atoms with E-state index in [2.05, 4.69) is 15.1 Å². The van der Waals surface area contributed by atoms with Crippen molar-refractivity contribution in [2.24, 2.45) is 5.10 Å². The summed E-state index contributed by atoms with van der Waals surface area (Å²) in [6.07, 6.45) is 0.906. The van der Waals surface area contributed by atoms with Gasteiger partial charge in [0.1, 0.15) is 5.82 Å². The number of nitrogens with one attached hydrogen (secondary N) is 2. The van der Waals surface area contributed by atoms with Gasteiger partial charge in [-0.1, -0.05) is 17.7 Å². The second-order valence-electron chi connectivity index (χ2n) is 7.82. The Bertz CT molecular complexity index is 1320. The first kappa shape index (κ1) is 22.5. The Labute approximate surface area is 192 Å². The Kier molecular flexibility index (Phi) is 6.15. The lowest BCUT2D eigenvalue weighted by atomic mass is 10.1. The SMILES string of the molecule is CC1=NN(c2ccc(C(=O)Nc3ccc(F)c(NS(=O)(=O)c4ccc(C)cc4)c3)cc2)CC1. The van der Waals surface area contributed by atoms with E-state index < -0.39 is 21.7 Å². The van der Waals surface area contributed by atoms with Crippen LogP contribution in [0.25, 0.3) is 0 Å². The zero-order valence-corrected chi connectivity index (χ0v) is 19.0. The minimum absolute atomic E-state index is 0.0135. The molecule has 0 saturated carbocycles. The van der Waals surface area contributed by atoms with Gasteiger partial charge in [-0.15, -0.1) is 0 Å². The molecule has 2 N–H and O–H groups in total.